The summed E-state index contributed by atoms with van der Waals surface area (Å²) >= 11 is 0. The third kappa shape index (κ3) is 7.24. The van der Waals surface area contributed by atoms with Gasteiger partial charge in [0.2, 0.25) is 0 Å². The van der Waals surface area contributed by atoms with E-state index in [2.05, 4.69) is 60.4 Å². The van der Waals surface area contributed by atoms with Gasteiger partial charge in [-0.3, -0.25) is 0 Å². The highest BCUT2D eigenvalue weighted by Gasteiger charge is 2.20. The van der Waals surface area contributed by atoms with Gasteiger partial charge >= 0.3 is 0 Å². The molecule has 2 aromatic rings. The average Bonchev–Trinajstić information content (AvgIpc) is 2.77. The molecular formula is C27H40N2. The molecule has 3 rings (SSSR count). The summed E-state index contributed by atoms with van der Waals surface area (Å²) in [5, 5.41) is 8.91. The van der Waals surface area contributed by atoms with Crippen LogP contribution >= 0.6 is 0 Å². The van der Waals surface area contributed by atoms with Gasteiger partial charge in [-0.2, -0.15) is 10.2 Å². The van der Waals surface area contributed by atoms with E-state index in [4.69, 9.17) is 0 Å². The predicted octanol–water partition coefficient (Wildman–Crippen LogP) is 7.81. The van der Waals surface area contributed by atoms with Gasteiger partial charge in [-0.1, -0.05) is 95.9 Å². The monoisotopic (exact) mass is 392 g/mol. The Kier molecular flexibility index (Phi) is 9.18. The molecule has 158 valence electrons. The molecule has 0 spiro atoms. The molecule has 0 bridgehead atoms. The first-order chi connectivity index (χ1) is 14.3. The van der Waals surface area contributed by atoms with E-state index in [1.807, 2.05) is 0 Å². The third-order valence-corrected chi connectivity index (χ3v) is 6.76. The van der Waals surface area contributed by atoms with Gasteiger partial charge in [-0.05, 0) is 55.2 Å². The molecule has 0 atom stereocenters. The van der Waals surface area contributed by atoms with Crippen molar-refractivity contribution in [1.29, 1.82) is 0 Å². The maximum absolute atomic E-state index is 4.47. The molecule has 1 heterocycles. The molecule has 2 heteroatoms. The zero-order valence-corrected chi connectivity index (χ0v) is 18.7. The molecule has 0 unspecified atom stereocenters. The van der Waals surface area contributed by atoms with Crippen LogP contribution in [0.5, 0.6) is 0 Å². The lowest BCUT2D eigenvalue weighted by atomic mass is 9.78. The Balaban J connectivity index is 1.44. The maximum atomic E-state index is 4.47. The van der Waals surface area contributed by atoms with Crippen LogP contribution < -0.4 is 0 Å². The van der Waals surface area contributed by atoms with Crippen molar-refractivity contribution in [2.75, 3.05) is 0 Å². The predicted molar refractivity (Wildman–Crippen MR) is 124 cm³/mol. The number of benzene rings is 1. The lowest BCUT2D eigenvalue weighted by Gasteiger charge is -2.28. The fraction of sp³-hybridized carbons (Fsp3) is 0.630. The van der Waals surface area contributed by atoms with Gasteiger partial charge in [0.1, 0.15) is 0 Å². The van der Waals surface area contributed by atoms with Crippen LogP contribution in [0.2, 0.25) is 0 Å². The van der Waals surface area contributed by atoms with Crippen LogP contribution in [0.4, 0.5) is 0 Å². The highest BCUT2D eigenvalue weighted by molar-refractivity contribution is 5.58. The van der Waals surface area contributed by atoms with Gasteiger partial charge in [0.05, 0.1) is 11.4 Å². The maximum Gasteiger partial charge on any atom is 0.0929 e. The van der Waals surface area contributed by atoms with Gasteiger partial charge < -0.3 is 0 Å². The molecule has 0 N–H and O–H groups in total. The van der Waals surface area contributed by atoms with Crippen LogP contribution in [0.25, 0.3) is 11.3 Å². The normalized spacial score (nSPS) is 19.4. The summed E-state index contributed by atoms with van der Waals surface area (Å²) < 4.78 is 0. The van der Waals surface area contributed by atoms with Crippen molar-refractivity contribution in [2.45, 2.75) is 97.3 Å². The van der Waals surface area contributed by atoms with Crippen LogP contribution in [-0.2, 0) is 12.8 Å². The van der Waals surface area contributed by atoms with Crippen molar-refractivity contribution in [3.8, 4) is 11.3 Å². The first-order valence-corrected chi connectivity index (χ1v) is 12.2. The van der Waals surface area contributed by atoms with Gasteiger partial charge in [0.25, 0.3) is 0 Å². The Morgan fingerprint density at radius 2 is 1.41 bits per heavy atom. The largest absolute Gasteiger partial charge is 0.155 e. The highest BCUT2D eigenvalue weighted by Crippen LogP contribution is 2.34. The second-order valence-electron chi connectivity index (χ2n) is 9.13. The smallest absolute Gasteiger partial charge is 0.0929 e. The van der Waals surface area contributed by atoms with Gasteiger partial charge in [0.15, 0.2) is 0 Å². The molecule has 0 amide bonds. The number of unbranched alkanes of at least 4 members (excludes halogenated alkanes) is 3. The van der Waals surface area contributed by atoms with Crippen LogP contribution in [0, 0.1) is 11.8 Å². The summed E-state index contributed by atoms with van der Waals surface area (Å²) in [5.41, 5.74) is 4.75. The average molecular weight is 393 g/mol. The Bertz CT molecular complexity index is 681. The molecule has 29 heavy (non-hydrogen) atoms. The van der Waals surface area contributed by atoms with E-state index in [0.29, 0.717) is 0 Å². The molecule has 1 fully saturated rings. The van der Waals surface area contributed by atoms with Crippen LogP contribution in [0.15, 0.2) is 36.4 Å². The summed E-state index contributed by atoms with van der Waals surface area (Å²) in [6.45, 7) is 4.57. The summed E-state index contributed by atoms with van der Waals surface area (Å²) in [6, 6.07) is 13.3. The molecular weight excluding hydrogens is 352 g/mol. The molecule has 2 nitrogen and oxygen atoms in total. The molecule has 1 saturated carbocycles. The minimum atomic E-state index is 0.943. The van der Waals surface area contributed by atoms with E-state index in [0.717, 1.165) is 29.6 Å². The molecule has 0 aliphatic heterocycles. The SMILES string of the molecule is CCCCCCc1ccc(-c2ccc(CCC3CCC(CCC)CC3)cc2)nn1. The van der Waals surface area contributed by atoms with Gasteiger partial charge in [-0.15, -0.1) is 0 Å². The minimum absolute atomic E-state index is 0.943. The number of nitrogens with zero attached hydrogens (tertiary/aromatic N) is 2. The van der Waals surface area contributed by atoms with Crippen molar-refractivity contribution >= 4 is 0 Å². The highest BCUT2D eigenvalue weighted by atomic mass is 15.1. The molecule has 1 aromatic heterocycles. The van der Waals surface area contributed by atoms with Crippen LogP contribution in [0.1, 0.15) is 95.7 Å². The topological polar surface area (TPSA) is 25.8 Å². The van der Waals surface area contributed by atoms with Crippen LogP contribution in [-0.4, -0.2) is 10.2 Å². The van der Waals surface area contributed by atoms with E-state index in [1.165, 1.54) is 88.2 Å². The molecule has 0 saturated heterocycles. The van der Waals surface area contributed by atoms with E-state index in [-0.39, 0.29) is 0 Å². The van der Waals surface area contributed by atoms with E-state index in [9.17, 15) is 0 Å². The fourth-order valence-corrected chi connectivity index (χ4v) is 4.81. The lowest BCUT2D eigenvalue weighted by molar-refractivity contribution is 0.252. The Hall–Kier alpha value is -1.70. The summed E-state index contributed by atoms with van der Waals surface area (Å²) in [4.78, 5) is 0. The van der Waals surface area contributed by atoms with Crippen molar-refractivity contribution in [3.63, 3.8) is 0 Å². The van der Waals surface area contributed by atoms with Crippen molar-refractivity contribution in [2.24, 2.45) is 11.8 Å². The Morgan fingerprint density at radius 3 is 2.03 bits per heavy atom. The zero-order chi connectivity index (χ0) is 20.3. The number of hydrogen-bond acceptors (Lipinski definition) is 2. The van der Waals surface area contributed by atoms with E-state index in [1.54, 1.807) is 0 Å². The van der Waals surface area contributed by atoms with Gasteiger partial charge in [0, 0.05) is 5.56 Å². The summed E-state index contributed by atoms with van der Waals surface area (Å²) in [7, 11) is 0. The van der Waals surface area contributed by atoms with Gasteiger partial charge in [-0.25, -0.2) is 0 Å². The summed E-state index contributed by atoms with van der Waals surface area (Å²) in [5.74, 6) is 1.96. The second kappa shape index (κ2) is 12.1. The van der Waals surface area contributed by atoms with Crippen molar-refractivity contribution in [3.05, 3.63) is 47.7 Å². The number of aryl methyl sites for hydroxylation is 2. The third-order valence-electron chi connectivity index (χ3n) is 6.76. The van der Waals surface area contributed by atoms with E-state index < -0.39 is 0 Å². The number of hydrogen-bond donors (Lipinski definition) is 0. The van der Waals surface area contributed by atoms with Crippen LogP contribution in [0.3, 0.4) is 0 Å². The number of rotatable bonds is 11. The lowest BCUT2D eigenvalue weighted by Crippen LogP contribution is -2.15. The standard InChI is InChI=1S/C27H40N2/c1-3-5-6-7-9-26-20-21-27(29-28-26)25-18-16-24(17-19-25)15-14-23-12-10-22(8-4-2)11-13-23/h16-23H,3-15H2,1-2H3. The molecule has 1 aliphatic carbocycles. The molecule has 0 radical (unpaired) electrons. The van der Waals surface area contributed by atoms with Crippen molar-refractivity contribution < 1.29 is 0 Å². The molecule has 1 aromatic carbocycles. The number of aromatic nitrogens is 2. The Labute approximate surface area is 178 Å². The molecule has 1 aliphatic rings. The first-order valence-electron chi connectivity index (χ1n) is 12.2. The second-order valence-corrected chi connectivity index (χ2v) is 9.13. The minimum Gasteiger partial charge on any atom is -0.155 e. The quantitative estimate of drug-likeness (QED) is 0.364. The fourth-order valence-electron chi connectivity index (χ4n) is 4.81. The summed E-state index contributed by atoms with van der Waals surface area (Å²) in [6.07, 6.45) is 17.3. The van der Waals surface area contributed by atoms with Crippen molar-refractivity contribution in [1.82, 2.24) is 10.2 Å². The zero-order valence-electron chi connectivity index (χ0n) is 18.7. The first kappa shape index (κ1) is 22.0. The Morgan fingerprint density at radius 1 is 0.690 bits per heavy atom. The van der Waals surface area contributed by atoms with E-state index >= 15 is 0 Å².